The first kappa shape index (κ1) is 21.4. The third kappa shape index (κ3) is 4.84. The molecule has 158 valence electrons. The summed E-state index contributed by atoms with van der Waals surface area (Å²) in [5.41, 5.74) is 0.537. The minimum Gasteiger partial charge on any atom is -0.465 e. The van der Waals surface area contributed by atoms with Crippen molar-refractivity contribution < 1.29 is 38.0 Å². The highest BCUT2D eigenvalue weighted by Crippen LogP contribution is 2.31. The number of aromatic nitrogens is 2. The van der Waals surface area contributed by atoms with Crippen LogP contribution in [0.15, 0.2) is 30.6 Å². The first-order valence-corrected chi connectivity index (χ1v) is 9.04. The lowest BCUT2D eigenvalue weighted by Gasteiger charge is -2.36. The summed E-state index contributed by atoms with van der Waals surface area (Å²) in [6.45, 7) is 1.41. The van der Waals surface area contributed by atoms with Crippen LogP contribution in [0.5, 0.6) is 5.75 Å². The van der Waals surface area contributed by atoms with Gasteiger partial charge in [0.25, 0.3) is 0 Å². The first-order valence-electron chi connectivity index (χ1n) is 9.04. The first-order chi connectivity index (χ1) is 13.7. The fourth-order valence-electron chi connectivity index (χ4n) is 3.04. The van der Waals surface area contributed by atoms with Gasteiger partial charge in [-0.2, -0.15) is 13.2 Å². The second kappa shape index (κ2) is 8.62. The van der Waals surface area contributed by atoms with Gasteiger partial charge in [0.1, 0.15) is 18.0 Å². The lowest BCUT2D eigenvalue weighted by Crippen LogP contribution is -2.51. The van der Waals surface area contributed by atoms with Crippen LogP contribution in [-0.2, 0) is 17.3 Å². The number of alkyl halides is 3. The summed E-state index contributed by atoms with van der Waals surface area (Å²) in [4.78, 5) is 7.26. The maximum Gasteiger partial charge on any atom is 0.434 e. The zero-order valence-electron chi connectivity index (χ0n) is 15.5. The van der Waals surface area contributed by atoms with E-state index in [0.717, 1.165) is 11.8 Å². The van der Waals surface area contributed by atoms with Crippen molar-refractivity contribution in [1.82, 2.24) is 9.97 Å². The Hall–Kier alpha value is -2.27. The summed E-state index contributed by atoms with van der Waals surface area (Å²) in [6.07, 6.45) is -6.37. The number of hydrogen-bond acceptors (Lipinski definition) is 7. The summed E-state index contributed by atoms with van der Waals surface area (Å²) in [6, 6.07) is 4.98. The fraction of sp³-hybridized carbons (Fsp3) is 0.474. The molecule has 1 aromatic heterocycles. The maximum atomic E-state index is 12.6. The number of nitrogens with zero attached hydrogens (tertiary/aromatic N) is 2. The van der Waals surface area contributed by atoms with Crippen LogP contribution in [0.2, 0.25) is 0 Å². The lowest BCUT2D eigenvalue weighted by molar-refractivity contribution is -0.230. The zero-order chi connectivity index (χ0) is 21.2. The molecule has 29 heavy (non-hydrogen) atoms. The van der Waals surface area contributed by atoms with Crippen LogP contribution in [0.4, 0.5) is 13.2 Å². The second-order valence-electron chi connectivity index (χ2n) is 6.66. The smallest absolute Gasteiger partial charge is 0.434 e. The Morgan fingerprint density at radius 1 is 1.21 bits per heavy atom. The molecule has 1 aromatic carbocycles. The molecule has 0 saturated carbocycles. The number of benzene rings is 1. The minimum absolute atomic E-state index is 0.0208. The quantitative estimate of drug-likeness (QED) is 0.687. The van der Waals surface area contributed by atoms with Gasteiger partial charge in [0.05, 0.1) is 30.8 Å². The third-order valence-corrected chi connectivity index (χ3v) is 4.65. The van der Waals surface area contributed by atoms with Gasteiger partial charge in [-0.05, 0) is 30.2 Å². The van der Waals surface area contributed by atoms with Gasteiger partial charge in [0.2, 0.25) is 6.29 Å². The molecule has 0 unspecified atom stereocenters. The molecule has 10 heteroatoms. The Balaban J connectivity index is 1.79. The second-order valence-corrected chi connectivity index (χ2v) is 6.66. The van der Waals surface area contributed by atoms with E-state index in [2.05, 4.69) is 9.97 Å². The molecular formula is C19H21F3N2O5. The Morgan fingerprint density at radius 2 is 1.97 bits per heavy atom. The van der Waals surface area contributed by atoms with Gasteiger partial charge in [-0.25, -0.2) is 4.98 Å². The van der Waals surface area contributed by atoms with Crippen LogP contribution >= 0.6 is 0 Å². The van der Waals surface area contributed by atoms with E-state index in [9.17, 15) is 28.5 Å². The SMILES string of the molecule is CCc1cc(-c2cnc(C(F)(F)F)cn2)ccc1O[C@@H]1C[C@@H](O)[C@H](O)[C@@H](CO)O1. The molecule has 1 fully saturated rings. The minimum atomic E-state index is -4.55. The number of aliphatic hydroxyl groups is 3. The zero-order valence-corrected chi connectivity index (χ0v) is 15.5. The summed E-state index contributed by atoms with van der Waals surface area (Å²) in [5.74, 6) is 0.460. The molecule has 7 nitrogen and oxygen atoms in total. The molecule has 1 aliphatic rings. The number of aryl methyl sites for hydroxylation is 1. The molecule has 1 aliphatic heterocycles. The van der Waals surface area contributed by atoms with Gasteiger partial charge in [-0.1, -0.05) is 6.92 Å². The van der Waals surface area contributed by atoms with Crippen molar-refractivity contribution in [2.45, 2.75) is 50.5 Å². The molecule has 4 atom stereocenters. The lowest BCUT2D eigenvalue weighted by atomic mass is 10.0. The highest BCUT2D eigenvalue weighted by Gasteiger charge is 2.37. The van der Waals surface area contributed by atoms with E-state index < -0.39 is 43.1 Å². The molecule has 3 rings (SSSR count). The van der Waals surface area contributed by atoms with Gasteiger partial charge in [-0.3, -0.25) is 4.98 Å². The average molecular weight is 414 g/mol. The van der Waals surface area contributed by atoms with E-state index in [1.165, 1.54) is 0 Å². The van der Waals surface area contributed by atoms with Crippen molar-refractivity contribution in [1.29, 1.82) is 0 Å². The van der Waals surface area contributed by atoms with Crippen LogP contribution in [0.3, 0.4) is 0 Å². The number of ether oxygens (including phenoxy) is 2. The van der Waals surface area contributed by atoms with Crippen LogP contribution in [0.25, 0.3) is 11.3 Å². The van der Waals surface area contributed by atoms with Gasteiger partial charge < -0.3 is 24.8 Å². The van der Waals surface area contributed by atoms with Crippen LogP contribution in [0, 0.1) is 0 Å². The van der Waals surface area contributed by atoms with Crippen LogP contribution in [-0.4, -0.2) is 56.5 Å². The Kier molecular flexibility index (Phi) is 6.37. The van der Waals surface area contributed by atoms with E-state index in [-0.39, 0.29) is 12.1 Å². The Labute approximate surface area is 164 Å². The Bertz CT molecular complexity index is 832. The molecule has 3 N–H and O–H groups in total. The number of halogens is 3. The van der Waals surface area contributed by atoms with Gasteiger partial charge in [0, 0.05) is 12.0 Å². The predicted octanol–water partition coefficient (Wildman–Crippen LogP) is 1.93. The molecule has 2 heterocycles. The topological polar surface area (TPSA) is 105 Å². The van der Waals surface area contributed by atoms with Crippen LogP contribution < -0.4 is 4.74 Å². The van der Waals surface area contributed by atoms with Gasteiger partial charge in [-0.15, -0.1) is 0 Å². The number of hydrogen-bond donors (Lipinski definition) is 3. The maximum absolute atomic E-state index is 12.6. The summed E-state index contributed by atoms with van der Waals surface area (Å²) in [5, 5.41) is 29.0. The molecule has 2 aromatic rings. The van der Waals surface area contributed by atoms with E-state index in [1.807, 2.05) is 6.92 Å². The highest BCUT2D eigenvalue weighted by molar-refractivity contribution is 5.61. The normalized spacial score (nSPS) is 25.1. The van der Waals surface area contributed by atoms with Gasteiger partial charge >= 0.3 is 6.18 Å². The van der Waals surface area contributed by atoms with E-state index in [4.69, 9.17) is 9.47 Å². The van der Waals surface area contributed by atoms with E-state index >= 15 is 0 Å². The molecular weight excluding hydrogens is 393 g/mol. The largest absolute Gasteiger partial charge is 0.465 e. The number of aliphatic hydroxyl groups excluding tert-OH is 3. The van der Waals surface area contributed by atoms with E-state index in [0.29, 0.717) is 23.9 Å². The third-order valence-electron chi connectivity index (χ3n) is 4.65. The summed E-state index contributed by atoms with van der Waals surface area (Å²) in [7, 11) is 0. The highest BCUT2D eigenvalue weighted by atomic mass is 19.4. The molecule has 0 bridgehead atoms. The molecule has 0 spiro atoms. The summed E-state index contributed by atoms with van der Waals surface area (Å²) < 4.78 is 49.2. The molecule has 1 saturated heterocycles. The number of rotatable bonds is 5. The van der Waals surface area contributed by atoms with Crippen LogP contribution in [0.1, 0.15) is 24.6 Å². The van der Waals surface area contributed by atoms with Crippen molar-refractivity contribution >= 4 is 0 Å². The van der Waals surface area contributed by atoms with Crippen molar-refractivity contribution in [2.75, 3.05) is 6.61 Å². The van der Waals surface area contributed by atoms with Crippen molar-refractivity contribution in [3.63, 3.8) is 0 Å². The van der Waals surface area contributed by atoms with Crippen molar-refractivity contribution in [2.24, 2.45) is 0 Å². The standard InChI is InChI=1S/C19H21F3N2O5/c1-2-10-5-11(12-7-24-16(8-23-12)19(20,21)22)3-4-14(10)28-17-6-13(26)18(27)15(9-25)29-17/h3-5,7-8,13,15,17-18,25-27H,2,6,9H2,1H3/t13-,15-,17+,18+/m1/s1. The molecule has 0 aliphatic carbocycles. The molecule has 0 radical (unpaired) electrons. The monoisotopic (exact) mass is 414 g/mol. The fourth-order valence-corrected chi connectivity index (χ4v) is 3.04. The summed E-state index contributed by atoms with van der Waals surface area (Å²) >= 11 is 0. The average Bonchev–Trinajstić information content (AvgIpc) is 2.70. The molecule has 0 amide bonds. The van der Waals surface area contributed by atoms with Crippen molar-refractivity contribution in [3.05, 3.63) is 41.9 Å². The van der Waals surface area contributed by atoms with Gasteiger partial charge in [0.15, 0.2) is 5.69 Å². The predicted molar refractivity (Wildman–Crippen MR) is 94.9 cm³/mol. The van der Waals surface area contributed by atoms with Crippen molar-refractivity contribution in [3.8, 4) is 17.0 Å². The Morgan fingerprint density at radius 3 is 2.55 bits per heavy atom. The van der Waals surface area contributed by atoms with E-state index in [1.54, 1.807) is 18.2 Å².